The number of benzene rings is 2. The van der Waals surface area contributed by atoms with Crippen molar-refractivity contribution >= 4 is 17.4 Å². The van der Waals surface area contributed by atoms with Gasteiger partial charge in [-0.3, -0.25) is 14.4 Å². The van der Waals surface area contributed by atoms with Gasteiger partial charge >= 0.3 is 0 Å². The van der Waals surface area contributed by atoms with Gasteiger partial charge in [0.1, 0.15) is 5.56 Å². The number of aromatic amines is 1. The highest BCUT2D eigenvalue weighted by atomic mass is 16.2. The highest BCUT2D eigenvalue weighted by Gasteiger charge is 2.28. The first-order chi connectivity index (χ1) is 13.5. The number of carbonyl (C=O) groups excluding carboxylic acids is 2. The van der Waals surface area contributed by atoms with Crippen LogP contribution in [0.15, 0.2) is 65.5 Å². The number of H-pyrrole nitrogens is 1. The lowest BCUT2D eigenvalue weighted by atomic mass is 9.81. The minimum absolute atomic E-state index is 0.0313. The Balaban J connectivity index is 1.63. The molecule has 2 aromatic carbocycles. The van der Waals surface area contributed by atoms with E-state index in [0.29, 0.717) is 29.8 Å². The molecule has 0 unspecified atom stereocenters. The number of hydrogen-bond donors (Lipinski definition) is 2. The summed E-state index contributed by atoms with van der Waals surface area (Å²) in [4.78, 5) is 40.6. The van der Waals surface area contributed by atoms with Crippen LogP contribution in [-0.4, -0.2) is 16.7 Å². The van der Waals surface area contributed by atoms with Crippen molar-refractivity contribution in [3.63, 3.8) is 0 Å². The molecule has 0 bridgehead atoms. The van der Waals surface area contributed by atoms with E-state index in [-0.39, 0.29) is 17.3 Å². The highest BCUT2D eigenvalue weighted by Crippen LogP contribution is 2.31. The van der Waals surface area contributed by atoms with E-state index >= 15 is 0 Å². The molecule has 0 fully saturated rings. The van der Waals surface area contributed by atoms with Crippen LogP contribution in [0.2, 0.25) is 0 Å². The molecule has 140 valence electrons. The van der Waals surface area contributed by atoms with E-state index in [9.17, 15) is 14.4 Å². The zero-order valence-corrected chi connectivity index (χ0v) is 15.5. The van der Waals surface area contributed by atoms with Gasteiger partial charge in [-0.2, -0.15) is 0 Å². The number of fused-ring (bicyclic) bond motifs is 1. The first-order valence-electron chi connectivity index (χ1n) is 9.23. The van der Waals surface area contributed by atoms with Crippen molar-refractivity contribution in [3.8, 4) is 0 Å². The molecule has 1 heterocycles. The summed E-state index contributed by atoms with van der Waals surface area (Å²) in [5, 5.41) is 2.73. The molecule has 0 saturated carbocycles. The number of aromatic nitrogens is 1. The number of aryl methyl sites for hydroxylation is 1. The largest absolute Gasteiger partial charge is 0.325 e. The van der Waals surface area contributed by atoms with Crippen molar-refractivity contribution in [2.24, 2.45) is 0 Å². The van der Waals surface area contributed by atoms with Crippen LogP contribution in [0.5, 0.6) is 0 Å². The lowest BCUT2D eigenvalue weighted by Crippen LogP contribution is -2.29. The number of amides is 1. The number of hydrogen-bond acceptors (Lipinski definition) is 3. The molecule has 3 aromatic rings. The van der Waals surface area contributed by atoms with Crippen molar-refractivity contribution in [2.75, 3.05) is 5.32 Å². The summed E-state index contributed by atoms with van der Waals surface area (Å²) in [6, 6.07) is 18.6. The molecule has 0 saturated heterocycles. The Kier molecular flexibility index (Phi) is 4.65. The zero-order chi connectivity index (χ0) is 19.7. The predicted molar refractivity (Wildman–Crippen MR) is 108 cm³/mol. The third kappa shape index (κ3) is 3.51. The Bertz CT molecular complexity index is 1120. The van der Waals surface area contributed by atoms with E-state index in [4.69, 9.17) is 0 Å². The SMILES string of the molecule is Cc1cccc(NC(=O)c2cc3c([nH]c2=O)C[C@@H](c2ccccc2)CC3=O)c1. The van der Waals surface area contributed by atoms with Crippen molar-refractivity contribution in [3.05, 3.63) is 99.0 Å². The molecule has 0 radical (unpaired) electrons. The molecular formula is C23H20N2O3. The minimum Gasteiger partial charge on any atom is -0.325 e. The third-order valence-corrected chi connectivity index (χ3v) is 5.10. The van der Waals surface area contributed by atoms with Gasteiger partial charge in [-0.1, -0.05) is 42.5 Å². The Morgan fingerprint density at radius 2 is 1.79 bits per heavy atom. The molecule has 5 heteroatoms. The average molecular weight is 372 g/mol. The van der Waals surface area contributed by atoms with E-state index in [1.807, 2.05) is 55.5 Å². The Morgan fingerprint density at radius 3 is 2.54 bits per heavy atom. The van der Waals surface area contributed by atoms with Crippen LogP contribution >= 0.6 is 0 Å². The molecular weight excluding hydrogens is 352 g/mol. The third-order valence-electron chi connectivity index (χ3n) is 5.10. The summed E-state index contributed by atoms with van der Waals surface area (Å²) in [7, 11) is 0. The average Bonchev–Trinajstić information content (AvgIpc) is 2.68. The number of carbonyl (C=O) groups is 2. The normalized spacial score (nSPS) is 15.8. The second-order valence-corrected chi connectivity index (χ2v) is 7.17. The fraction of sp³-hybridized carbons (Fsp3) is 0.174. The molecule has 1 aromatic heterocycles. The summed E-state index contributed by atoms with van der Waals surface area (Å²) >= 11 is 0. The van der Waals surface area contributed by atoms with Crippen LogP contribution in [-0.2, 0) is 6.42 Å². The van der Waals surface area contributed by atoms with E-state index in [1.165, 1.54) is 6.07 Å². The second kappa shape index (κ2) is 7.27. The summed E-state index contributed by atoms with van der Waals surface area (Å²) in [6.45, 7) is 1.92. The maximum atomic E-state index is 12.7. The van der Waals surface area contributed by atoms with E-state index in [0.717, 1.165) is 11.1 Å². The van der Waals surface area contributed by atoms with E-state index < -0.39 is 11.5 Å². The number of rotatable bonds is 3. The van der Waals surface area contributed by atoms with Gasteiger partial charge in [-0.25, -0.2) is 0 Å². The molecule has 1 aliphatic rings. The van der Waals surface area contributed by atoms with E-state index in [1.54, 1.807) is 6.07 Å². The summed E-state index contributed by atoms with van der Waals surface area (Å²) in [5.74, 6) is -0.549. The van der Waals surface area contributed by atoms with Gasteiger partial charge in [0.25, 0.3) is 11.5 Å². The number of Topliss-reactive ketones (excluding diaryl/α,β-unsaturated/α-hetero) is 1. The number of pyridine rings is 1. The smallest absolute Gasteiger partial charge is 0.261 e. The van der Waals surface area contributed by atoms with Gasteiger partial charge in [-0.15, -0.1) is 0 Å². The van der Waals surface area contributed by atoms with Crippen molar-refractivity contribution in [2.45, 2.75) is 25.7 Å². The molecule has 4 rings (SSSR count). The number of ketones is 1. The molecule has 1 atom stereocenters. The topological polar surface area (TPSA) is 79.0 Å². The zero-order valence-electron chi connectivity index (χ0n) is 15.5. The molecule has 1 aliphatic carbocycles. The molecule has 28 heavy (non-hydrogen) atoms. The van der Waals surface area contributed by atoms with Gasteiger partial charge in [0, 0.05) is 23.4 Å². The predicted octanol–water partition coefficient (Wildman–Crippen LogP) is 3.85. The second-order valence-electron chi connectivity index (χ2n) is 7.17. The molecule has 5 nitrogen and oxygen atoms in total. The van der Waals surface area contributed by atoms with Crippen LogP contribution in [0.3, 0.4) is 0 Å². The lowest BCUT2D eigenvalue weighted by Gasteiger charge is -2.24. The van der Waals surface area contributed by atoms with Gasteiger partial charge in [-0.05, 0) is 48.6 Å². The highest BCUT2D eigenvalue weighted by molar-refractivity contribution is 6.06. The Labute approximate surface area is 162 Å². The molecule has 1 amide bonds. The monoisotopic (exact) mass is 372 g/mol. The van der Waals surface area contributed by atoms with Crippen LogP contribution in [0.25, 0.3) is 0 Å². The first-order valence-corrected chi connectivity index (χ1v) is 9.23. The molecule has 2 N–H and O–H groups in total. The van der Waals surface area contributed by atoms with Gasteiger partial charge < -0.3 is 10.3 Å². The van der Waals surface area contributed by atoms with Crippen molar-refractivity contribution < 1.29 is 9.59 Å². The van der Waals surface area contributed by atoms with Crippen molar-refractivity contribution in [1.82, 2.24) is 4.98 Å². The Morgan fingerprint density at radius 1 is 1.00 bits per heavy atom. The van der Waals surface area contributed by atoms with Gasteiger partial charge in [0.15, 0.2) is 5.78 Å². The standard InChI is InChI=1S/C23H20N2O3/c1-14-6-5-9-17(10-14)24-22(27)19-13-18-20(25-23(19)28)11-16(12-21(18)26)15-7-3-2-4-8-15/h2-10,13,16H,11-12H2,1H3,(H,24,27)(H,25,28)/t16-/m1/s1. The molecule has 0 spiro atoms. The Hall–Kier alpha value is -3.47. The van der Waals surface area contributed by atoms with E-state index in [2.05, 4.69) is 10.3 Å². The molecule has 0 aliphatic heterocycles. The van der Waals surface area contributed by atoms with Gasteiger partial charge in [0.2, 0.25) is 0 Å². The minimum atomic E-state index is -0.521. The number of anilines is 1. The lowest BCUT2D eigenvalue weighted by molar-refractivity contribution is 0.0963. The van der Waals surface area contributed by atoms with Crippen LogP contribution in [0, 0.1) is 6.92 Å². The number of nitrogens with one attached hydrogen (secondary N) is 2. The van der Waals surface area contributed by atoms with Crippen LogP contribution in [0.1, 0.15) is 49.9 Å². The summed E-state index contributed by atoms with van der Waals surface area (Å²) < 4.78 is 0. The maximum absolute atomic E-state index is 12.7. The fourth-order valence-electron chi connectivity index (χ4n) is 3.68. The quantitative estimate of drug-likeness (QED) is 0.733. The van der Waals surface area contributed by atoms with Gasteiger partial charge in [0.05, 0.1) is 0 Å². The first kappa shape index (κ1) is 17.9. The van der Waals surface area contributed by atoms with Crippen LogP contribution in [0.4, 0.5) is 5.69 Å². The van der Waals surface area contributed by atoms with Crippen molar-refractivity contribution in [1.29, 1.82) is 0 Å². The summed E-state index contributed by atoms with van der Waals surface area (Å²) in [5.41, 5.74) is 3.18. The maximum Gasteiger partial charge on any atom is 0.261 e. The van der Waals surface area contributed by atoms with Crippen LogP contribution < -0.4 is 10.9 Å². The fourth-order valence-corrected chi connectivity index (χ4v) is 3.68. The summed E-state index contributed by atoms with van der Waals surface area (Å²) in [6.07, 6.45) is 0.933.